The van der Waals surface area contributed by atoms with Gasteiger partial charge in [0.15, 0.2) is 0 Å². The van der Waals surface area contributed by atoms with Crippen molar-refractivity contribution in [2.75, 3.05) is 6.54 Å². The van der Waals surface area contributed by atoms with Gasteiger partial charge in [-0.05, 0) is 50.1 Å². The molecular formula is C13H23N3. The molecule has 1 aliphatic carbocycles. The lowest BCUT2D eigenvalue weighted by Gasteiger charge is -2.12. The van der Waals surface area contributed by atoms with Crippen LogP contribution in [0.2, 0.25) is 0 Å². The summed E-state index contributed by atoms with van der Waals surface area (Å²) >= 11 is 0. The monoisotopic (exact) mass is 221 g/mol. The highest BCUT2D eigenvalue weighted by Crippen LogP contribution is 2.28. The zero-order valence-electron chi connectivity index (χ0n) is 10.4. The molecule has 0 saturated heterocycles. The van der Waals surface area contributed by atoms with Crippen LogP contribution in [0.5, 0.6) is 0 Å². The molecular weight excluding hydrogens is 198 g/mol. The van der Waals surface area contributed by atoms with E-state index >= 15 is 0 Å². The SMILES string of the molecule is CCCNC1CCC(Cc2cnn(C)c2)C1. The Morgan fingerprint density at radius 3 is 3.06 bits per heavy atom. The van der Waals surface area contributed by atoms with Crippen LogP contribution in [0.1, 0.15) is 38.2 Å². The van der Waals surface area contributed by atoms with Gasteiger partial charge in [-0.25, -0.2) is 0 Å². The number of nitrogens with zero attached hydrogens (tertiary/aromatic N) is 2. The zero-order valence-corrected chi connectivity index (χ0v) is 10.4. The van der Waals surface area contributed by atoms with Crippen molar-refractivity contribution in [2.24, 2.45) is 13.0 Å². The van der Waals surface area contributed by atoms with E-state index in [0.29, 0.717) is 0 Å². The normalized spacial score (nSPS) is 25.1. The van der Waals surface area contributed by atoms with Crippen LogP contribution in [0.25, 0.3) is 0 Å². The van der Waals surface area contributed by atoms with E-state index in [4.69, 9.17) is 0 Å². The number of nitrogens with one attached hydrogen (secondary N) is 1. The summed E-state index contributed by atoms with van der Waals surface area (Å²) in [5, 5.41) is 7.86. The van der Waals surface area contributed by atoms with Crippen LogP contribution < -0.4 is 5.32 Å². The molecule has 1 fully saturated rings. The molecule has 2 atom stereocenters. The maximum absolute atomic E-state index is 4.23. The highest BCUT2D eigenvalue weighted by Gasteiger charge is 2.24. The van der Waals surface area contributed by atoms with Gasteiger partial charge in [0.05, 0.1) is 6.20 Å². The average Bonchev–Trinajstić information content (AvgIpc) is 2.86. The van der Waals surface area contributed by atoms with Crippen LogP contribution in [-0.4, -0.2) is 22.4 Å². The number of rotatable bonds is 5. The Balaban J connectivity index is 1.76. The van der Waals surface area contributed by atoms with Crippen LogP contribution in [0.3, 0.4) is 0 Å². The van der Waals surface area contributed by atoms with E-state index in [1.165, 1.54) is 44.2 Å². The van der Waals surface area contributed by atoms with E-state index in [2.05, 4.69) is 23.5 Å². The van der Waals surface area contributed by atoms with Crippen LogP contribution in [0, 0.1) is 5.92 Å². The topological polar surface area (TPSA) is 29.9 Å². The molecule has 90 valence electrons. The maximum Gasteiger partial charge on any atom is 0.0521 e. The molecule has 1 saturated carbocycles. The molecule has 2 rings (SSSR count). The predicted molar refractivity (Wildman–Crippen MR) is 66.3 cm³/mol. The summed E-state index contributed by atoms with van der Waals surface area (Å²) in [6, 6.07) is 0.765. The number of aryl methyl sites for hydroxylation is 1. The van der Waals surface area contributed by atoms with Gasteiger partial charge < -0.3 is 5.32 Å². The predicted octanol–water partition coefficient (Wildman–Crippen LogP) is 2.13. The number of hydrogen-bond acceptors (Lipinski definition) is 2. The van der Waals surface area contributed by atoms with Crippen molar-refractivity contribution in [3.8, 4) is 0 Å². The van der Waals surface area contributed by atoms with E-state index in [0.717, 1.165) is 12.0 Å². The van der Waals surface area contributed by atoms with E-state index in [1.807, 2.05) is 17.9 Å². The summed E-state index contributed by atoms with van der Waals surface area (Å²) < 4.78 is 1.90. The third-order valence-electron chi connectivity index (χ3n) is 3.51. The van der Waals surface area contributed by atoms with Gasteiger partial charge in [0.1, 0.15) is 0 Å². The molecule has 0 bridgehead atoms. The molecule has 3 heteroatoms. The molecule has 0 amide bonds. The fourth-order valence-electron chi connectivity index (χ4n) is 2.70. The fourth-order valence-corrected chi connectivity index (χ4v) is 2.70. The Hall–Kier alpha value is -0.830. The van der Waals surface area contributed by atoms with E-state index in [1.54, 1.807) is 0 Å². The highest BCUT2D eigenvalue weighted by molar-refractivity contribution is 5.05. The van der Waals surface area contributed by atoms with Gasteiger partial charge in [-0.2, -0.15) is 5.10 Å². The first-order chi connectivity index (χ1) is 7.78. The second-order valence-electron chi connectivity index (χ2n) is 5.06. The zero-order chi connectivity index (χ0) is 11.4. The van der Waals surface area contributed by atoms with Crippen molar-refractivity contribution in [1.29, 1.82) is 0 Å². The first-order valence-electron chi connectivity index (χ1n) is 6.49. The van der Waals surface area contributed by atoms with Gasteiger partial charge in [0, 0.05) is 19.3 Å². The Labute approximate surface area is 98.2 Å². The van der Waals surface area contributed by atoms with Crippen LogP contribution >= 0.6 is 0 Å². The minimum atomic E-state index is 0.765. The van der Waals surface area contributed by atoms with Crippen LogP contribution in [-0.2, 0) is 13.5 Å². The standard InChI is InChI=1S/C13H23N3/c1-3-6-14-13-5-4-11(8-13)7-12-9-15-16(2)10-12/h9-11,13-14H,3-8H2,1-2H3. The first kappa shape index (κ1) is 11.6. The smallest absolute Gasteiger partial charge is 0.0521 e. The Morgan fingerprint density at radius 2 is 2.38 bits per heavy atom. The van der Waals surface area contributed by atoms with Crippen molar-refractivity contribution >= 4 is 0 Å². The Morgan fingerprint density at radius 1 is 1.50 bits per heavy atom. The summed E-state index contributed by atoms with van der Waals surface area (Å²) in [5.41, 5.74) is 1.39. The van der Waals surface area contributed by atoms with Gasteiger partial charge in [-0.3, -0.25) is 4.68 Å². The molecule has 0 spiro atoms. The highest BCUT2D eigenvalue weighted by atomic mass is 15.2. The molecule has 16 heavy (non-hydrogen) atoms. The van der Waals surface area contributed by atoms with Crippen molar-refractivity contribution in [3.05, 3.63) is 18.0 Å². The van der Waals surface area contributed by atoms with Crippen molar-refractivity contribution in [1.82, 2.24) is 15.1 Å². The van der Waals surface area contributed by atoms with Crippen molar-refractivity contribution < 1.29 is 0 Å². The largest absolute Gasteiger partial charge is 0.314 e. The minimum Gasteiger partial charge on any atom is -0.314 e. The molecule has 0 radical (unpaired) electrons. The van der Waals surface area contributed by atoms with Crippen molar-refractivity contribution in [2.45, 2.75) is 45.1 Å². The summed E-state index contributed by atoms with van der Waals surface area (Å²) in [6.45, 7) is 3.40. The summed E-state index contributed by atoms with van der Waals surface area (Å²) in [7, 11) is 1.99. The van der Waals surface area contributed by atoms with Gasteiger partial charge in [0.2, 0.25) is 0 Å². The summed E-state index contributed by atoms with van der Waals surface area (Å²) in [6.07, 6.45) is 10.7. The fraction of sp³-hybridized carbons (Fsp3) is 0.769. The van der Waals surface area contributed by atoms with E-state index in [-0.39, 0.29) is 0 Å². The molecule has 1 aromatic heterocycles. The second-order valence-corrected chi connectivity index (χ2v) is 5.06. The third kappa shape index (κ3) is 3.08. The number of aromatic nitrogens is 2. The van der Waals surface area contributed by atoms with Crippen LogP contribution in [0.4, 0.5) is 0 Å². The quantitative estimate of drug-likeness (QED) is 0.825. The lowest BCUT2D eigenvalue weighted by atomic mass is 10.00. The molecule has 1 heterocycles. The van der Waals surface area contributed by atoms with Gasteiger partial charge in [0.25, 0.3) is 0 Å². The molecule has 2 unspecified atom stereocenters. The average molecular weight is 221 g/mol. The molecule has 0 aliphatic heterocycles. The molecule has 3 nitrogen and oxygen atoms in total. The maximum atomic E-state index is 4.23. The number of hydrogen-bond donors (Lipinski definition) is 1. The first-order valence-corrected chi connectivity index (χ1v) is 6.49. The molecule has 0 aromatic carbocycles. The van der Waals surface area contributed by atoms with E-state index < -0.39 is 0 Å². The van der Waals surface area contributed by atoms with Gasteiger partial charge in [-0.1, -0.05) is 6.92 Å². The second kappa shape index (κ2) is 5.48. The van der Waals surface area contributed by atoms with Crippen LogP contribution in [0.15, 0.2) is 12.4 Å². The van der Waals surface area contributed by atoms with Crippen molar-refractivity contribution in [3.63, 3.8) is 0 Å². The van der Waals surface area contributed by atoms with E-state index in [9.17, 15) is 0 Å². The summed E-state index contributed by atoms with van der Waals surface area (Å²) in [5.74, 6) is 0.860. The lowest BCUT2D eigenvalue weighted by molar-refractivity contribution is 0.484. The Bertz CT molecular complexity index is 319. The molecule has 1 aromatic rings. The Kier molecular flexibility index (Phi) is 3.99. The van der Waals surface area contributed by atoms with Gasteiger partial charge >= 0.3 is 0 Å². The molecule has 1 N–H and O–H groups in total. The molecule has 1 aliphatic rings. The lowest BCUT2D eigenvalue weighted by Crippen LogP contribution is -2.27. The third-order valence-corrected chi connectivity index (χ3v) is 3.51. The van der Waals surface area contributed by atoms with Gasteiger partial charge in [-0.15, -0.1) is 0 Å². The summed E-state index contributed by atoms with van der Waals surface area (Å²) in [4.78, 5) is 0. The minimum absolute atomic E-state index is 0.765.